The van der Waals surface area contributed by atoms with Gasteiger partial charge in [-0.05, 0) is 25.5 Å². The Balaban J connectivity index is 2.61. The molecule has 2 aromatic rings. The van der Waals surface area contributed by atoms with E-state index in [0.717, 1.165) is 22.6 Å². The smallest absolute Gasteiger partial charge is 0.168 e. The molecule has 1 heterocycles. The summed E-state index contributed by atoms with van der Waals surface area (Å²) >= 11 is 6.09. The molecule has 2 rings (SSSR count). The van der Waals surface area contributed by atoms with E-state index in [9.17, 15) is 0 Å². The molecule has 0 amide bonds. The van der Waals surface area contributed by atoms with Crippen molar-refractivity contribution in [2.45, 2.75) is 13.8 Å². The van der Waals surface area contributed by atoms with Gasteiger partial charge >= 0.3 is 0 Å². The SMILES string of the molecule is Cc1cc(-c2c(C)cccc2Cl)on1. The summed E-state index contributed by atoms with van der Waals surface area (Å²) in [6, 6.07) is 7.65. The third kappa shape index (κ3) is 1.53. The lowest BCUT2D eigenvalue weighted by atomic mass is 10.1. The van der Waals surface area contributed by atoms with Crippen molar-refractivity contribution >= 4 is 11.6 Å². The van der Waals surface area contributed by atoms with Crippen LogP contribution in [0.5, 0.6) is 0 Å². The van der Waals surface area contributed by atoms with Crippen LogP contribution in [0.25, 0.3) is 11.3 Å². The first-order valence-corrected chi connectivity index (χ1v) is 4.75. The second-order valence-corrected chi connectivity index (χ2v) is 3.67. The van der Waals surface area contributed by atoms with Gasteiger partial charge in [0.25, 0.3) is 0 Å². The average molecular weight is 208 g/mol. The molecule has 0 spiro atoms. The summed E-state index contributed by atoms with van der Waals surface area (Å²) in [7, 11) is 0. The van der Waals surface area contributed by atoms with Gasteiger partial charge in [0, 0.05) is 11.6 Å². The molecule has 0 saturated heterocycles. The minimum atomic E-state index is 0.696. The number of benzene rings is 1. The molecular weight excluding hydrogens is 198 g/mol. The molecule has 0 unspecified atom stereocenters. The zero-order valence-corrected chi connectivity index (χ0v) is 8.80. The fourth-order valence-electron chi connectivity index (χ4n) is 1.43. The second-order valence-electron chi connectivity index (χ2n) is 3.26. The third-order valence-electron chi connectivity index (χ3n) is 2.10. The normalized spacial score (nSPS) is 10.5. The number of aromatic nitrogens is 1. The molecule has 72 valence electrons. The van der Waals surface area contributed by atoms with Gasteiger partial charge in [0.15, 0.2) is 5.76 Å². The third-order valence-corrected chi connectivity index (χ3v) is 2.41. The topological polar surface area (TPSA) is 26.0 Å². The quantitative estimate of drug-likeness (QED) is 0.714. The van der Waals surface area contributed by atoms with E-state index in [-0.39, 0.29) is 0 Å². The van der Waals surface area contributed by atoms with Gasteiger partial charge in [-0.15, -0.1) is 0 Å². The van der Waals surface area contributed by atoms with Crippen LogP contribution in [-0.2, 0) is 0 Å². The van der Waals surface area contributed by atoms with Gasteiger partial charge in [0.1, 0.15) is 0 Å². The maximum atomic E-state index is 6.09. The summed E-state index contributed by atoms with van der Waals surface area (Å²) in [5.74, 6) is 0.727. The van der Waals surface area contributed by atoms with Crippen molar-refractivity contribution in [2.24, 2.45) is 0 Å². The lowest BCUT2D eigenvalue weighted by molar-refractivity contribution is 0.427. The minimum absolute atomic E-state index is 0.696. The van der Waals surface area contributed by atoms with Crippen LogP contribution < -0.4 is 0 Å². The van der Waals surface area contributed by atoms with Crippen LogP contribution in [0.1, 0.15) is 11.3 Å². The number of rotatable bonds is 1. The van der Waals surface area contributed by atoms with Crippen molar-refractivity contribution in [3.05, 3.63) is 40.5 Å². The number of hydrogen-bond donors (Lipinski definition) is 0. The standard InChI is InChI=1S/C11H10ClNO/c1-7-4-3-5-9(12)11(7)10-6-8(2)13-14-10/h3-6H,1-2H3. The monoisotopic (exact) mass is 207 g/mol. The van der Waals surface area contributed by atoms with E-state index in [0.29, 0.717) is 5.02 Å². The van der Waals surface area contributed by atoms with E-state index in [1.54, 1.807) is 0 Å². The summed E-state index contributed by atoms with van der Waals surface area (Å²) in [5.41, 5.74) is 2.88. The van der Waals surface area contributed by atoms with Gasteiger partial charge in [-0.2, -0.15) is 0 Å². The summed E-state index contributed by atoms with van der Waals surface area (Å²) in [5, 5.41) is 4.54. The summed E-state index contributed by atoms with van der Waals surface area (Å²) < 4.78 is 5.18. The Labute approximate surface area is 87.5 Å². The molecule has 0 aliphatic rings. The molecule has 0 fully saturated rings. The van der Waals surface area contributed by atoms with Crippen molar-refractivity contribution in [3.63, 3.8) is 0 Å². The predicted octanol–water partition coefficient (Wildman–Crippen LogP) is 3.61. The summed E-state index contributed by atoms with van der Waals surface area (Å²) in [6.07, 6.45) is 0. The predicted molar refractivity (Wildman–Crippen MR) is 56.4 cm³/mol. The number of halogens is 1. The van der Waals surface area contributed by atoms with Gasteiger partial charge in [0.2, 0.25) is 0 Å². The molecule has 0 aliphatic carbocycles. The van der Waals surface area contributed by atoms with Gasteiger partial charge in [-0.25, -0.2) is 0 Å². The Hall–Kier alpha value is -1.28. The van der Waals surface area contributed by atoms with E-state index in [1.165, 1.54) is 0 Å². The van der Waals surface area contributed by atoms with Crippen molar-refractivity contribution in [1.82, 2.24) is 5.16 Å². The Bertz CT molecular complexity index is 442. The number of nitrogens with zero attached hydrogens (tertiary/aromatic N) is 1. The number of hydrogen-bond acceptors (Lipinski definition) is 2. The Morgan fingerprint density at radius 3 is 2.64 bits per heavy atom. The number of aryl methyl sites for hydroxylation is 2. The zero-order chi connectivity index (χ0) is 10.1. The van der Waals surface area contributed by atoms with Gasteiger partial charge < -0.3 is 4.52 Å². The summed E-state index contributed by atoms with van der Waals surface area (Å²) in [6.45, 7) is 3.89. The molecular formula is C11H10ClNO. The first-order chi connectivity index (χ1) is 6.68. The Kier molecular flexibility index (Phi) is 2.30. The molecule has 0 radical (unpaired) electrons. The largest absolute Gasteiger partial charge is 0.356 e. The highest BCUT2D eigenvalue weighted by Crippen LogP contribution is 2.31. The Morgan fingerprint density at radius 2 is 2.07 bits per heavy atom. The van der Waals surface area contributed by atoms with Gasteiger partial charge in [-0.1, -0.05) is 28.9 Å². The molecule has 3 heteroatoms. The molecule has 1 aromatic heterocycles. The average Bonchev–Trinajstić information content (AvgIpc) is 2.51. The molecule has 0 saturated carbocycles. The van der Waals surface area contributed by atoms with Crippen LogP contribution >= 0.6 is 11.6 Å². The highest BCUT2D eigenvalue weighted by molar-refractivity contribution is 6.33. The van der Waals surface area contributed by atoms with Crippen LogP contribution in [0.2, 0.25) is 5.02 Å². The molecule has 0 bridgehead atoms. The van der Waals surface area contributed by atoms with Crippen LogP contribution in [0.3, 0.4) is 0 Å². The van der Waals surface area contributed by atoms with Gasteiger partial charge in [0.05, 0.1) is 10.7 Å². The lowest BCUT2D eigenvalue weighted by Gasteiger charge is -2.02. The van der Waals surface area contributed by atoms with Crippen LogP contribution in [0.4, 0.5) is 0 Å². The first-order valence-electron chi connectivity index (χ1n) is 4.37. The summed E-state index contributed by atoms with van der Waals surface area (Å²) in [4.78, 5) is 0. The van der Waals surface area contributed by atoms with Crippen LogP contribution in [-0.4, -0.2) is 5.16 Å². The van der Waals surface area contributed by atoms with Crippen LogP contribution in [0.15, 0.2) is 28.8 Å². The van der Waals surface area contributed by atoms with Crippen molar-refractivity contribution in [3.8, 4) is 11.3 Å². The Morgan fingerprint density at radius 1 is 1.29 bits per heavy atom. The van der Waals surface area contributed by atoms with Gasteiger partial charge in [-0.3, -0.25) is 0 Å². The van der Waals surface area contributed by atoms with Crippen molar-refractivity contribution < 1.29 is 4.52 Å². The maximum absolute atomic E-state index is 6.09. The lowest BCUT2D eigenvalue weighted by Crippen LogP contribution is -1.81. The molecule has 0 N–H and O–H groups in total. The zero-order valence-electron chi connectivity index (χ0n) is 8.04. The van der Waals surface area contributed by atoms with Crippen molar-refractivity contribution in [2.75, 3.05) is 0 Å². The van der Waals surface area contributed by atoms with Crippen molar-refractivity contribution in [1.29, 1.82) is 0 Å². The second kappa shape index (κ2) is 3.46. The fraction of sp³-hybridized carbons (Fsp3) is 0.182. The molecule has 2 nitrogen and oxygen atoms in total. The van der Waals surface area contributed by atoms with E-state index in [4.69, 9.17) is 16.1 Å². The highest BCUT2D eigenvalue weighted by atomic mass is 35.5. The van der Waals surface area contributed by atoms with E-state index in [2.05, 4.69) is 5.16 Å². The molecule has 14 heavy (non-hydrogen) atoms. The van der Waals surface area contributed by atoms with E-state index < -0.39 is 0 Å². The van der Waals surface area contributed by atoms with E-state index in [1.807, 2.05) is 38.1 Å². The maximum Gasteiger partial charge on any atom is 0.168 e. The highest BCUT2D eigenvalue weighted by Gasteiger charge is 2.10. The van der Waals surface area contributed by atoms with Crippen LogP contribution in [0, 0.1) is 13.8 Å². The van der Waals surface area contributed by atoms with E-state index >= 15 is 0 Å². The molecule has 0 aliphatic heterocycles. The first kappa shape index (κ1) is 9.28. The molecule has 1 aromatic carbocycles. The fourth-order valence-corrected chi connectivity index (χ4v) is 1.74. The minimum Gasteiger partial charge on any atom is -0.356 e. The molecule has 0 atom stereocenters.